The van der Waals surface area contributed by atoms with Gasteiger partial charge in [0, 0.05) is 18.1 Å². The molecule has 4 N–H and O–H groups in total. The van der Waals surface area contributed by atoms with Crippen molar-refractivity contribution in [1.29, 1.82) is 0 Å². The second-order valence-corrected chi connectivity index (χ2v) is 8.21. The molecule has 0 saturated carbocycles. The number of carbonyl (C=O) groups excluding carboxylic acids is 2. The number of methoxy groups -OCH3 is 1. The minimum Gasteiger partial charge on any atom is -0.493 e. The fraction of sp³-hybridized carbons (Fsp3) is 0.360. The average molecular weight is 474 g/mol. The van der Waals surface area contributed by atoms with E-state index in [2.05, 4.69) is 11.3 Å². The average Bonchev–Trinajstić information content (AvgIpc) is 2.78. The smallest absolute Gasteiger partial charge is 0.489 e. The van der Waals surface area contributed by atoms with Gasteiger partial charge in [-0.2, -0.15) is 0 Å². The molecule has 0 fully saturated rings. The summed E-state index contributed by atoms with van der Waals surface area (Å²) in [5.74, 6) is 0.141. The monoisotopic (exact) mass is 474 g/mol. The zero-order chi connectivity index (χ0) is 26.4. The highest BCUT2D eigenvalue weighted by Gasteiger charge is 2.31. The maximum absolute atomic E-state index is 10.9. The van der Waals surface area contributed by atoms with Gasteiger partial charge in [-0.15, -0.1) is 0 Å². The van der Waals surface area contributed by atoms with E-state index in [0.29, 0.717) is 18.6 Å². The first-order valence-corrected chi connectivity index (χ1v) is 10.5. The number of hydrogen-bond acceptors (Lipinski definition) is 8. The summed E-state index contributed by atoms with van der Waals surface area (Å²) in [5, 5.41) is 36.4. The Morgan fingerprint density at radius 1 is 1.03 bits per heavy atom. The molecule has 0 spiro atoms. The highest BCUT2D eigenvalue weighted by atomic mass is 16.5. The summed E-state index contributed by atoms with van der Waals surface area (Å²) >= 11 is 0. The van der Waals surface area contributed by atoms with Crippen molar-refractivity contribution in [3.05, 3.63) is 72.3 Å². The molecule has 9 heteroatoms. The van der Waals surface area contributed by atoms with E-state index in [-0.39, 0.29) is 11.0 Å². The maximum Gasteiger partial charge on any atom is 0.489 e. The van der Waals surface area contributed by atoms with E-state index < -0.39 is 24.3 Å². The zero-order valence-corrected chi connectivity index (χ0v) is 20.4. The lowest BCUT2D eigenvalue weighted by molar-refractivity contribution is -0.134. The normalized spacial score (nSPS) is 10.5. The van der Waals surface area contributed by atoms with Crippen molar-refractivity contribution in [3.8, 4) is 5.75 Å². The number of aldehydes is 1. The Labute approximate surface area is 201 Å². The van der Waals surface area contributed by atoms with Crippen molar-refractivity contribution < 1.29 is 39.3 Å². The Bertz CT molecular complexity index is 872. The second-order valence-electron chi connectivity index (χ2n) is 8.21. The van der Waals surface area contributed by atoms with Crippen LogP contribution in [-0.4, -0.2) is 64.6 Å². The van der Waals surface area contributed by atoms with E-state index in [1.165, 1.54) is 24.8 Å². The van der Waals surface area contributed by atoms with Crippen LogP contribution in [0.3, 0.4) is 0 Å². The summed E-state index contributed by atoms with van der Waals surface area (Å²) in [6.07, 6.45) is 2.46. The Morgan fingerprint density at radius 2 is 1.59 bits per heavy atom. The molecule has 2 rings (SSSR count). The van der Waals surface area contributed by atoms with Crippen LogP contribution < -0.4 is 10.2 Å². The topological polar surface area (TPSA) is 134 Å². The lowest BCUT2D eigenvalue weighted by Crippen LogP contribution is -2.44. The molecule has 0 aliphatic carbocycles. The largest absolute Gasteiger partial charge is 0.493 e. The van der Waals surface area contributed by atoms with Gasteiger partial charge < -0.3 is 29.7 Å². The lowest BCUT2D eigenvalue weighted by atomic mass is 9.77. The molecule has 0 unspecified atom stereocenters. The molecule has 0 heterocycles. The van der Waals surface area contributed by atoms with E-state index in [0.717, 1.165) is 12.5 Å². The van der Waals surface area contributed by atoms with Crippen molar-refractivity contribution in [2.24, 2.45) is 0 Å². The molecular formula is C25H35BO8. The second kappa shape index (κ2) is 15.0. The molecule has 0 radical (unpaired) electrons. The third kappa shape index (κ3) is 12.3. The standard InChI is InChI=1S/C15H15BO4.C6H14O2.C4H6O2/c17-11-13-10-14(6-7-15(13)16(18)19)20-9-8-12-4-2-1-3-5-12;1-5(2,7)6(3,4)8;1-3-4(5)6-2/h1-7,10-11,18-19H,8-9H2;7-8H,1-4H3;3H,1H2,2H3. The van der Waals surface area contributed by atoms with Gasteiger partial charge in [-0.25, -0.2) is 4.79 Å². The third-order valence-corrected chi connectivity index (χ3v) is 4.83. The minimum atomic E-state index is -1.66. The van der Waals surface area contributed by atoms with Crippen molar-refractivity contribution in [2.75, 3.05) is 13.7 Å². The SMILES string of the molecule is C=CC(=O)OC.CC(C)(O)C(C)(C)O.O=Cc1cc(OCCc2ccccc2)ccc1B(O)O. The summed E-state index contributed by atoms with van der Waals surface area (Å²) < 4.78 is 9.71. The predicted molar refractivity (Wildman–Crippen MR) is 132 cm³/mol. The first-order chi connectivity index (χ1) is 15.8. The molecule has 0 atom stereocenters. The number of ether oxygens (including phenoxy) is 2. The van der Waals surface area contributed by atoms with Crippen LogP contribution in [-0.2, 0) is 16.0 Å². The summed E-state index contributed by atoms with van der Waals surface area (Å²) in [4.78, 5) is 20.7. The van der Waals surface area contributed by atoms with Gasteiger partial charge in [-0.1, -0.05) is 43.0 Å². The first kappa shape index (κ1) is 31.0. The van der Waals surface area contributed by atoms with Gasteiger partial charge in [0.15, 0.2) is 0 Å². The highest BCUT2D eigenvalue weighted by Crippen LogP contribution is 2.19. The molecule has 34 heavy (non-hydrogen) atoms. The molecule has 0 aromatic heterocycles. The van der Waals surface area contributed by atoms with Gasteiger partial charge in [0.05, 0.1) is 24.9 Å². The Morgan fingerprint density at radius 3 is 1.97 bits per heavy atom. The van der Waals surface area contributed by atoms with E-state index in [4.69, 9.17) is 25.0 Å². The van der Waals surface area contributed by atoms with Crippen LogP contribution >= 0.6 is 0 Å². The fourth-order valence-corrected chi connectivity index (χ4v) is 1.99. The number of esters is 1. The van der Waals surface area contributed by atoms with Crippen LogP contribution in [0.15, 0.2) is 61.2 Å². The molecule has 2 aromatic rings. The van der Waals surface area contributed by atoms with Gasteiger partial charge >= 0.3 is 13.1 Å². The van der Waals surface area contributed by atoms with Crippen LogP contribution in [0.1, 0.15) is 43.6 Å². The van der Waals surface area contributed by atoms with Gasteiger partial charge in [-0.05, 0) is 50.9 Å². The van der Waals surface area contributed by atoms with E-state index in [1.54, 1.807) is 33.8 Å². The van der Waals surface area contributed by atoms with Crippen molar-refractivity contribution in [1.82, 2.24) is 0 Å². The molecule has 0 aliphatic heterocycles. The van der Waals surface area contributed by atoms with Crippen molar-refractivity contribution in [2.45, 2.75) is 45.3 Å². The Hall–Kier alpha value is -2.98. The maximum atomic E-state index is 10.9. The summed E-state index contributed by atoms with van der Waals surface area (Å²) in [6, 6.07) is 14.5. The number of carbonyl (C=O) groups is 2. The molecule has 0 saturated heterocycles. The molecular weight excluding hydrogens is 439 g/mol. The summed E-state index contributed by atoms with van der Waals surface area (Å²) in [6.45, 7) is 9.95. The first-order valence-electron chi connectivity index (χ1n) is 10.5. The fourth-order valence-electron chi connectivity index (χ4n) is 1.99. The highest BCUT2D eigenvalue weighted by molar-refractivity contribution is 6.60. The molecule has 0 bridgehead atoms. The predicted octanol–water partition coefficient (Wildman–Crippen LogP) is 1.67. The third-order valence-electron chi connectivity index (χ3n) is 4.83. The van der Waals surface area contributed by atoms with Crippen LogP contribution in [0, 0.1) is 0 Å². The number of benzene rings is 2. The van der Waals surface area contributed by atoms with Gasteiger partial charge in [0.1, 0.15) is 12.0 Å². The molecule has 0 amide bonds. The number of hydrogen-bond donors (Lipinski definition) is 4. The van der Waals surface area contributed by atoms with Gasteiger partial charge in [0.25, 0.3) is 0 Å². The Kier molecular flexibility index (Phi) is 13.7. The number of aliphatic hydroxyl groups is 2. The van der Waals surface area contributed by atoms with Crippen molar-refractivity contribution in [3.63, 3.8) is 0 Å². The minimum absolute atomic E-state index is 0.176. The van der Waals surface area contributed by atoms with Gasteiger partial charge in [0.2, 0.25) is 0 Å². The van der Waals surface area contributed by atoms with Crippen molar-refractivity contribution >= 4 is 24.8 Å². The summed E-state index contributed by atoms with van der Waals surface area (Å²) in [7, 11) is -0.349. The van der Waals surface area contributed by atoms with Crippen LogP contribution in [0.2, 0.25) is 0 Å². The lowest BCUT2D eigenvalue weighted by Gasteiger charge is -2.31. The molecule has 8 nitrogen and oxygen atoms in total. The zero-order valence-electron chi connectivity index (χ0n) is 20.4. The van der Waals surface area contributed by atoms with Crippen LogP contribution in [0.25, 0.3) is 0 Å². The van der Waals surface area contributed by atoms with E-state index in [1.807, 2.05) is 30.3 Å². The van der Waals surface area contributed by atoms with Gasteiger partial charge in [-0.3, -0.25) is 4.79 Å². The van der Waals surface area contributed by atoms with E-state index in [9.17, 15) is 9.59 Å². The quantitative estimate of drug-likeness (QED) is 0.197. The molecule has 2 aromatic carbocycles. The number of rotatable bonds is 8. The molecule has 0 aliphatic rings. The summed E-state index contributed by atoms with van der Waals surface area (Å²) in [5.41, 5.74) is -0.446. The van der Waals surface area contributed by atoms with E-state index >= 15 is 0 Å². The van der Waals surface area contributed by atoms with Crippen LogP contribution in [0.5, 0.6) is 5.75 Å². The molecule has 186 valence electrons. The Balaban J connectivity index is 0.000000643. The van der Waals surface area contributed by atoms with Crippen LogP contribution in [0.4, 0.5) is 0 Å².